The molecule has 0 radical (unpaired) electrons. The fourth-order valence-corrected chi connectivity index (χ4v) is 2.55. The quantitative estimate of drug-likeness (QED) is 0.791. The molecule has 1 N–H and O–H groups in total. The first-order valence-electron chi connectivity index (χ1n) is 5.74. The first-order chi connectivity index (χ1) is 9.33. The van der Waals surface area contributed by atoms with Crippen molar-refractivity contribution < 1.29 is 13.6 Å². The highest BCUT2D eigenvalue weighted by Gasteiger charge is 2.09. The molecule has 0 aliphatic carbocycles. The first kappa shape index (κ1) is 11.8. The van der Waals surface area contributed by atoms with E-state index >= 15 is 0 Å². The molecule has 0 aliphatic rings. The Morgan fingerprint density at radius 3 is 2.95 bits per heavy atom. The molecule has 19 heavy (non-hydrogen) atoms. The molecular formula is C14H11NO3S. The van der Waals surface area contributed by atoms with Crippen molar-refractivity contribution in [2.75, 3.05) is 0 Å². The first-order valence-corrected chi connectivity index (χ1v) is 6.62. The van der Waals surface area contributed by atoms with Crippen molar-refractivity contribution in [3.05, 3.63) is 59.1 Å². The molecule has 3 rings (SSSR count). The molecule has 0 aliphatic heterocycles. The van der Waals surface area contributed by atoms with E-state index < -0.39 is 0 Å². The van der Waals surface area contributed by atoms with Gasteiger partial charge in [-0.15, -0.1) is 11.3 Å². The van der Waals surface area contributed by atoms with E-state index in [2.05, 4.69) is 5.32 Å². The fourth-order valence-electron chi connectivity index (χ4n) is 1.72. The lowest BCUT2D eigenvalue weighted by atomic mass is 10.2. The third-order valence-electron chi connectivity index (χ3n) is 2.68. The van der Waals surface area contributed by atoms with Gasteiger partial charge in [0, 0.05) is 10.4 Å². The number of carbonyl (C=O) groups is 1. The van der Waals surface area contributed by atoms with Crippen molar-refractivity contribution in [1.29, 1.82) is 0 Å². The van der Waals surface area contributed by atoms with Crippen molar-refractivity contribution in [1.82, 2.24) is 5.32 Å². The van der Waals surface area contributed by atoms with Gasteiger partial charge in [-0.05, 0) is 35.2 Å². The van der Waals surface area contributed by atoms with Gasteiger partial charge >= 0.3 is 0 Å². The average molecular weight is 273 g/mol. The fraction of sp³-hybridized carbons (Fsp3) is 0.0714. The highest BCUT2D eigenvalue weighted by atomic mass is 32.1. The summed E-state index contributed by atoms with van der Waals surface area (Å²) in [6.45, 7) is 0.488. The van der Waals surface area contributed by atoms with E-state index in [1.807, 2.05) is 17.5 Å². The number of hydrogen-bond donors (Lipinski definition) is 1. The number of hydrogen-bond acceptors (Lipinski definition) is 4. The van der Waals surface area contributed by atoms with Crippen LogP contribution < -0.4 is 5.32 Å². The van der Waals surface area contributed by atoms with E-state index in [0.29, 0.717) is 12.3 Å². The molecular weight excluding hydrogens is 262 g/mol. The van der Waals surface area contributed by atoms with Gasteiger partial charge in [0.1, 0.15) is 0 Å². The van der Waals surface area contributed by atoms with Gasteiger partial charge in [-0.1, -0.05) is 0 Å². The van der Waals surface area contributed by atoms with Gasteiger partial charge in [-0.25, -0.2) is 0 Å². The monoisotopic (exact) mass is 273 g/mol. The molecule has 0 saturated carbocycles. The summed E-state index contributed by atoms with van der Waals surface area (Å²) >= 11 is 1.60. The summed E-state index contributed by atoms with van der Waals surface area (Å²) in [6, 6.07) is 7.28. The summed E-state index contributed by atoms with van der Waals surface area (Å²) in [5, 5.41) is 4.86. The predicted octanol–water partition coefficient (Wildman–Crippen LogP) is 3.53. The smallest absolute Gasteiger partial charge is 0.287 e. The number of thiophene rings is 1. The molecule has 0 spiro atoms. The zero-order valence-electron chi connectivity index (χ0n) is 9.96. The number of nitrogens with one attached hydrogen (secondary N) is 1. The SMILES string of the molecule is O=C(NCc1cc(-c2ccoc2)cs1)c1ccco1. The largest absolute Gasteiger partial charge is 0.472 e. The molecule has 0 unspecified atom stereocenters. The summed E-state index contributed by atoms with van der Waals surface area (Å²) in [6.07, 6.45) is 4.83. The minimum Gasteiger partial charge on any atom is -0.472 e. The third kappa shape index (κ3) is 2.61. The van der Waals surface area contributed by atoms with Crippen LogP contribution in [0.2, 0.25) is 0 Å². The molecule has 1 amide bonds. The molecule has 5 heteroatoms. The van der Waals surface area contributed by atoms with Gasteiger partial charge in [0.25, 0.3) is 5.91 Å². The Hall–Kier alpha value is -2.27. The van der Waals surface area contributed by atoms with E-state index in [1.165, 1.54) is 6.26 Å². The summed E-state index contributed by atoms with van der Waals surface area (Å²) in [5.74, 6) is 0.120. The maximum absolute atomic E-state index is 11.7. The van der Waals surface area contributed by atoms with E-state index in [1.54, 1.807) is 36.0 Å². The summed E-state index contributed by atoms with van der Waals surface area (Å²) in [4.78, 5) is 12.8. The van der Waals surface area contributed by atoms with Crippen LogP contribution in [0, 0.1) is 0 Å². The molecule has 3 aromatic heterocycles. The normalized spacial score (nSPS) is 10.5. The summed E-state index contributed by atoms with van der Waals surface area (Å²) in [5.41, 5.74) is 2.14. The van der Waals surface area contributed by atoms with Crippen LogP contribution in [0.4, 0.5) is 0 Å². The Morgan fingerprint density at radius 1 is 1.26 bits per heavy atom. The van der Waals surface area contributed by atoms with Crippen molar-refractivity contribution in [3.8, 4) is 11.1 Å². The second-order valence-corrected chi connectivity index (χ2v) is 4.97. The molecule has 0 atom stereocenters. The van der Waals surface area contributed by atoms with Crippen LogP contribution in [0.5, 0.6) is 0 Å². The molecule has 3 aromatic rings. The van der Waals surface area contributed by atoms with Gasteiger partial charge in [0.15, 0.2) is 5.76 Å². The van der Waals surface area contributed by atoms with Crippen LogP contribution in [0.15, 0.2) is 57.3 Å². The third-order valence-corrected chi connectivity index (χ3v) is 3.61. The lowest BCUT2D eigenvalue weighted by Crippen LogP contribution is -2.21. The Bertz CT molecular complexity index is 653. The van der Waals surface area contributed by atoms with E-state index in [0.717, 1.165) is 16.0 Å². The number of furan rings is 2. The molecule has 3 heterocycles. The highest BCUT2D eigenvalue weighted by molar-refractivity contribution is 7.10. The van der Waals surface area contributed by atoms with Crippen LogP contribution in [-0.2, 0) is 6.54 Å². The van der Waals surface area contributed by atoms with Crippen LogP contribution in [-0.4, -0.2) is 5.91 Å². The molecule has 96 valence electrons. The highest BCUT2D eigenvalue weighted by Crippen LogP contribution is 2.25. The maximum atomic E-state index is 11.7. The second-order valence-electron chi connectivity index (χ2n) is 3.97. The molecule has 0 aromatic carbocycles. The lowest BCUT2D eigenvalue weighted by molar-refractivity contribution is 0.0923. The molecule has 0 bridgehead atoms. The molecule has 0 saturated heterocycles. The van der Waals surface area contributed by atoms with Crippen molar-refractivity contribution in [2.24, 2.45) is 0 Å². The van der Waals surface area contributed by atoms with Gasteiger partial charge < -0.3 is 14.2 Å². The lowest BCUT2D eigenvalue weighted by Gasteiger charge is -1.99. The average Bonchev–Trinajstić information content (AvgIpc) is 3.14. The summed E-state index contributed by atoms with van der Waals surface area (Å²) in [7, 11) is 0. The standard InChI is InChI=1S/C14H11NO3S/c16-14(13-2-1-4-18-13)15-7-12-6-11(9-19-12)10-3-5-17-8-10/h1-6,8-9H,7H2,(H,15,16). The Morgan fingerprint density at radius 2 is 2.21 bits per heavy atom. The number of rotatable bonds is 4. The van der Waals surface area contributed by atoms with Crippen LogP contribution in [0.1, 0.15) is 15.4 Å². The van der Waals surface area contributed by atoms with Crippen LogP contribution >= 0.6 is 11.3 Å². The van der Waals surface area contributed by atoms with Gasteiger partial charge in [-0.3, -0.25) is 4.79 Å². The van der Waals surface area contributed by atoms with Gasteiger partial charge in [0.2, 0.25) is 0 Å². The minimum atomic E-state index is -0.205. The van der Waals surface area contributed by atoms with Crippen molar-refractivity contribution in [2.45, 2.75) is 6.54 Å². The number of carbonyl (C=O) groups excluding carboxylic acids is 1. The topological polar surface area (TPSA) is 55.4 Å². The zero-order chi connectivity index (χ0) is 13.1. The zero-order valence-corrected chi connectivity index (χ0v) is 10.8. The Balaban J connectivity index is 1.63. The summed E-state index contributed by atoms with van der Waals surface area (Å²) < 4.78 is 10.1. The van der Waals surface area contributed by atoms with E-state index in [-0.39, 0.29) is 5.91 Å². The Labute approximate surface area is 113 Å². The van der Waals surface area contributed by atoms with E-state index in [4.69, 9.17) is 8.83 Å². The van der Waals surface area contributed by atoms with Crippen LogP contribution in [0.25, 0.3) is 11.1 Å². The predicted molar refractivity (Wildman–Crippen MR) is 71.9 cm³/mol. The van der Waals surface area contributed by atoms with E-state index in [9.17, 15) is 4.79 Å². The van der Waals surface area contributed by atoms with Crippen molar-refractivity contribution in [3.63, 3.8) is 0 Å². The minimum absolute atomic E-state index is 0.205. The van der Waals surface area contributed by atoms with Crippen molar-refractivity contribution >= 4 is 17.2 Å². The second kappa shape index (κ2) is 5.16. The molecule has 4 nitrogen and oxygen atoms in total. The van der Waals surface area contributed by atoms with Gasteiger partial charge in [-0.2, -0.15) is 0 Å². The van der Waals surface area contributed by atoms with Crippen LogP contribution in [0.3, 0.4) is 0 Å². The Kier molecular flexibility index (Phi) is 3.20. The molecule has 0 fully saturated rings. The number of amides is 1. The maximum Gasteiger partial charge on any atom is 0.287 e. The van der Waals surface area contributed by atoms with Gasteiger partial charge in [0.05, 0.1) is 25.3 Å².